The van der Waals surface area contributed by atoms with Gasteiger partial charge in [-0.3, -0.25) is 0 Å². The molecule has 1 aliphatic heterocycles. The monoisotopic (exact) mass is 587 g/mol. The van der Waals surface area contributed by atoms with Crippen molar-refractivity contribution >= 4 is 60.7 Å². The van der Waals surface area contributed by atoms with E-state index in [-0.39, 0.29) is 0 Å². The van der Waals surface area contributed by atoms with Crippen LogP contribution >= 0.6 is 0 Å². The fourth-order valence-electron chi connectivity index (χ4n) is 7.17. The van der Waals surface area contributed by atoms with Crippen LogP contribution in [0.4, 0.5) is 17.1 Å². The van der Waals surface area contributed by atoms with Crippen LogP contribution < -0.4 is 4.90 Å². The van der Waals surface area contributed by atoms with Crippen LogP contribution in [-0.4, -0.2) is 9.97 Å². The van der Waals surface area contributed by atoms with Crippen molar-refractivity contribution in [3.63, 3.8) is 0 Å². The number of aromatic nitrogens is 2. The van der Waals surface area contributed by atoms with E-state index >= 15 is 0 Å². The Kier molecular flexibility index (Phi) is 5.25. The summed E-state index contributed by atoms with van der Waals surface area (Å²) in [7, 11) is 0. The highest BCUT2D eigenvalue weighted by Gasteiger charge is 2.28. The fraction of sp³-hybridized carbons (Fsp3) is 0. The Morgan fingerprint density at radius 3 is 2.00 bits per heavy atom. The van der Waals surface area contributed by atoms with E-state index in [1.54, 1.807) is 0 Å². The van der Waals surface area contributed by atoms with Crippen molar-refractivity contribution in [1.29, 1.82) is 0 Å². The van der Waals surface area contributed by atoms with Crippen LogP contribution in [0.5, 0.6) is 0 Å². The Morgan fingerprint density at radius 2 is 1.11 bits per heavy atom. The number of para-hydroxylation sites is 4. The van der Waals surface area contributed by atoms with Gasteiger partial charge in [-0.2, -0.15) is 0 Å². The minimum absolute atomic E-state index is 0.678. The zero-order valence-corrected chi connectivity index (χ0v) is 24.7. The van der Waals surface area contributed by atoms with Crippen molar-refractivity contribution in [3.8, 4) is 33.8 Å². The van der Waals surface area contributed by atoms with Gasteiger partial charge in [0.05, 0.1) is 28.3 Å². The quantitative estimate of drug-likeness (QED) is 0.206. The highest BCUT2D eigenvalue weighted by molar-refractivity contribution is 6.14. The third kappa shape index (κ3) is 3.61. The Balaban J connectivity index is 1.22. The number of benzene rings is 7. The van der Waals surface area contributed by atoms with Gasteiger partial charge in [0.1, 0.15) is 11.2 Å². The molecular weight excluding hydrogens is 562 g/mol. The van der Waals surface area contributed by atoms with Crippen molar-refractivity contribution in [2.75, 3.05) is 4.90 Å². The zero-order chi connectivity index (χ0) is 30.2. The van der Waals surface area contributed by atoms with E-state index in [0.29, 0.717) is 5.82 Å². The average Bonchev–Trinajstić information content (AvgIpc) is 3.49. The van der Waals surface area contributed by atoms with Crippen molar-refractivity contribution in [1.82, 2.24) is 9.97 Å². The topological polar surface area (TPSA) is 42.2 Å². The second kappa shape index (κ2) is 9.62. The normalized spacial score (nSPS) is 12.3. The van der Waals surface area contributed by atoms with E-state index < -0.39 is 0 Å². The van der Waals surface area contributed by atoms with Gasteiger partial charge in [-0.05, 0) is 59.5 Å². The summed E-state index contributed by atoms with van der Waals surface area (Å²) in [5.41, 5.74) is 11.2. The number of hydrogen-bond donors (Lipinski definition) is 0. The lowest BCUT2D eigenvalue weighted by Crippen LogP contribution is -2.16. The number of nitrogens with zero attached hydrogens (tertiary/aromatic N) is 3. The molecule has 0 saturated heterocycles. The molecule has 0 spiro atoms. The summed E-state index contributed by atoms with van der Waals surface area (Å²) in [5, 5.41) is 5.68. The Labute approximate surface area is 264 Å². The molecule has 0 saturated carbocycles. The third-order valence-corrected chi connectivity index (χ3v) is 9.20. The first-order valence-electron chi connectivity index (χ1n) is 15.5. The number of rotatable bonds is 3. The maximum atomic E-state index is 6.28. The number of fused-ring (bicyclic) bond motifs is 6. The summed E-state index contributed by atoms with van der Waals surface area (Å²) in [6.45, 7) is 0. The van der Waals surface area contributed by atoms with Crippen LogP contribution in [0, 0.1) is 0 Å². The molecule has 214 valence electrons. The molecule has 0 N–H and O–H groups in total. The minimum Gasteiger partial charge on any atom is -0.456 e. The SMILES string of the molecule is c1ccc(N2c3ccccc3-c3cccc4cccc2c34)c(-c2nc(-c3ccc4c(c3)oc3ccccc34)c3ccccc3n2)c1. The lowest BCUT2D eigenvalue weighted by atomic mass is 9.90. The number of furan rings is 1. The van der Waals surface area contributed by atoms with Gasteiger partial charge < -0.3 is 9.32 Å². The van der Waals surface area contributed by atoms with E-state index in [1.165, 1.54) is 21.9 Å². The molecule has 0 amide bonds. The summed E-state index contributed by atoms with van der Waals surface area (Å²) >= 11 is 0. The van der Waals surface area contributed by atoms with Crippen LogP contribution in [0.2, 0.25) is 0 Å². The smallest absolute Gasteiger partial charge is 0.162 e. The largest absolute Gasteiger partial charge is 0.456 e. The van der Waals surface area contributed by atoms with Gasteiger partial charge >= 0.3 is 0 Å². The van der Waals surface area contributed by atoms with Gasteiger partial charge in [0.15, 0.2) is 5.82 Å². The molecule has 0 atom stereocenters. The second-order valence-electron chi connectivity index (χ2n) is 11.8. The molecule has 2 aromatic heterocycles. The van der Waals surface area contributed by atoms with E-state index in [4.69, 9.17) is 14.4 Å². The van der Waals surface area contributed by atoms with Crippen LogP contribution in [-0.2, 0) is 0 Å². The van der Waals surface area contributed by atoms with Gasteiger partial charge in [0.25, 0.3) is 0 Å². The zero-order valence-electron chi connectivity index (χ0n) is 24.7. The average molecular weight is 588 g/mol. The van der Waals surface area contributed by atoms with Gasteiger partial charge in [0.2, 0.25) is 0 Å². The second-order valence-corrected chi connectivity index (χ2v) is 11.8. The molecule has 3 heterocycles. The number of hydrogen-bond acceptors (Lipinski definition) is 4. The highest BCUT2D eigenvalue weighted by Crippen LogP contribution is 2.52. The summed E-state index contributed by atoms with van der Waals surface area (Å²) in [5.74, 6) is 0.678. The molecule has 0 radical (unpaired) electrons. The molecule has 4 nitrogen and oxygen atoms in total. The van der Waals surface area contributed by atoms with Gasteiger partial charge in [0, 0.05) is 38.2 Å². The summed E-state index contributed by atoms with van der Waals surface area (Å²) in [6.07, 6.45) is 0. The predicted octanol–water partition coefficient (Wildman–Crippen LogP) is 11.5. The minimum atomic E-state index is 0.678. The van der Waals surface area contributed by atoms with Crippen molar-refractivity contribution < 1.29 is 4.42 Å². The Hall–Kier alpha value is -6.26. The first kappa shape index (κ1) is 25.1. The molecule has 46 heavy (non-hydrogen) atoms. The number of anilines is 3. The Bertz CT molecular complexity index is 2670. The molecule has 7 aromatic carbocycles. The van der Waals surface area contributed by atoms with E-state index in [2.05, 4.69) is 126 Å². The highest BCUT2D eigenvalue weighted by atomic mass is 16.3. The van der Waals surface area contributed by atoms with Crippen LogP contribution in [0.15, 0.2) is 156 Å². The van der Waals surface area contributed by atoms with Crippen LogP contribution in [0.25, 0.3) is 77.4 Å². The van der Waals surface area contributed by atoms with Crippen LogP contribution in [0.1, 0.15) is 0 Å². The van der Waals surface area contributed by atoms with Crippen molar-refractivity contribution in [2.24, 2.45) is 0 Å². The standard InChI is InChI=1S/C42H25N3O/c1-5-18-34-32(15-1)41(27-23-24-30-29-14-4-8-22-38(29)46-39(30)25-27)44-42(43-34)33-16-3-7-20-36(33)45-35-19-6-2-13-28(35)31-17-9-11-26-12-10-21-37(45)40(26)31/h1-25H. The first-order valence-corrected chi connectivity index (χ1v) is 15.5. The summed E-state index contributed by atoms with van der Waals surface area (Å²) in [4.78, 5) is 12.9. The molecule has 0 bridgehead atoms. The first-order chi connectivity index (χ1) is 22.8. The molecule has 0 aliphatic carbocycles. The van der Waals surface area contributed by atoms with Gasteiger partial charge in [-0.25, -0.2) is 9.97 Å². The maximum Gasteiger partial charge on any atom is 0.162 e. The fourth-order valence-corrected chi connectivity index (χ4v) is 7.17. The van der Waals surface area contributed by atoms with E-state index in [0.717, 1.165) is 66.7 Å². The van der Waals surface area contributed by atoms with Gasteiger partial charge in [-0.15, -0.1) is 0 Å². The predicted molar refractivity (Wildman–Crippen MR) is 189 cm³/mol. The molecule has 9 aromatic rings. The van der Waals surface area contributed by atoms with E-state index in [9.17, 15) is 0 Å². The summed E-state index contributed by atoms with van der Waals surface area (Å²) < 4.78 is 6.28. The molecule has 4 heteroatoms. The maximum absolute atomic E-state index is 6.28. The Morgan fingerprint density at radius 1 is 0.457 bits per heavy atom. The molecular formula is C42H25N3O. The molecule has 0 unspecified atom stereocenters. The van der Waals surface area contributed by atoms with Crippen LogP contribution in [0.3, 0.4) is 0 Å². The summed E-state index contributed by atoms with van der Waals surface area (Å²) in [6, 6.07) is 53.1. The lowest BCUT2D eigenvalue weighted by molar-refractivity contribution is 0.669. The van der Waals surface area contributed by atoms with Crippen molar-refractivity contribution in [2.45, 2.75) is 0 Å². The van der Waals surface area contributed by atoms with E-state index in [1.807, 2.05) is 30.3 Å². The molecule has 1 aliphatic rings. The lowest BCUT2D eigenvalue weighted by Gasteiger charge is -2.34. The molecule has 10 rings (SSSR count). The third-order valence-electron chi connectivity index (χ3n) is 9.20. The van der Waals surface area contributed by atoms with Crippen molar-refractivity contribution in [3.05, 3.63) is 152 Å². The molecule has 0 fully saturated rings. The van der Waals surface area contributed by atoms with Gasteiger partial charge in [-0.1, -0.05) is 103 Å².